The van der Waals surface area contributed by atoms with Gasteiger partial charge in [-0.3, -0.25) is 9.59 Å². The first-order valence-corrected chi connectivity index (χ1v) is 10.5. The van der Waals surface area contributed by atoms with Gasteiger partial charge in [0, 0.05) is 11.8 Å². The molecular formula is C16H30O4Si. The first-order chi connectivity index (χ1) is 9.34. The van der Waals surface area contributed by atoms with E-state index < -0.39 is 25.6 Å². The number of rotatable bonds is 3. The maximum atomic E-state index is 12.2. The molecule has 0 N–H and O–H groups in total. The number of carbonyl (C=O) groups excluding carboxylic acids is 2. The van der Waals surface area contributed by atoms with Crippen LogP contribution in [-0.2, 0) is 18.8 Å². The molecule has 0 radical (unpaired) electrons. The lowest BCUT2D eigenvalue weighted by Gasteiger charge is -2.48. The Balaban J connectivity index is 3.05. The molecule has 1 aliphatic rings. The predicted molar refractivity (Wildman–Crippen MR) is 85.6 cm³/mol. The summed E-state index contributed by atoms with van der Waals surface area (Å²) in [7, 11) is -0.604. The quantitative estimate of drug-likeness (QED) is 0.454. The number of ether oxygens (including phenoxy) is 1. The van der Waals surface area contributed by atoms with Gasteiger partial charge < -0.3 is 9.16 Å². The zero-order chi connectivity index (χ0) is 16.6. The average Bonchev–Trinajstić information content (AvgIpc) is 2.30. The lowest BCUT2D eigenvalue weighted by Crippen LogP contribution is -2.55. The highest BCUT2D eigenvalue weighted by Gasteiger charge is 2.52. The standard InChI is InChI=1S/C16H30O4Si/c1-15(2,3)21(7,8)20-12-10-9-11(17)13(14(18)19-6)16(12,4)5/h12-13H,9-10H2,1-8H3/t12-,13?/m0/s1. The van der Waals surface area contributed by atoms with Gasteiger partial charge in [0.1, 0.15) is 11.7 Å². The van der Waals surface area contributed by atoms with Crippen LogP contribution in [0.5, 0.6) is 0 Å². The van der Waals surface area contributed by atoms with Crippen molar-refractivity contribution in [1.29, 1.82) is 0 Å². The second-order valence-electron chi connectivity index (χ2n) is 8.15. The fourth-order valence-electron chi connectivity index (χ4n) is 2.69. The van der Waals surface area contributed by atoms with Gasteiger partial charge >= 0.3 is 5.97 Å². The number of hydrogen-bond donors (Lipinski definition) is 0. The third kappa shape index (κ3) is 3.56. The molecule has 0 amide bonds. The zero-order valence-electron chi connectivity index (χ0n) is 14.7. The molecule has 1 saturated carbocycles. The molecule has 1 aliphatic carbocycles. The van der Waals surface area contributed by atoms with E-state index in [9.17, 15) is 9.59 Å². The minimum absolute atomic E-state index is 0.0260. The normalized spacial score (nSPS) is 26.6. The van der Waals surface area contributed by atoms with Gasteiger partial charge in [-0.15, -0.1) is 0 Å². The van der Waals surface area contributed by atoms with Gasteiger partial charge in [0.05, 0.1) is 13.2 Å². The van der Waals surface area contributed by atoms with E-state index in [0.29, 0.717) is 12.8 Å². The third-order valence-electron chi connectivity index (χ3n) is 5.23. The van der Waals surface area contributed by atoms with Gasteiger partial charge in [-0.05, 0) is 24.6 Å². The lowest BCUT2D eigenvalue weighted by molar-refractivity contribution is -0.161. The Kier molecular flexibility index (Phi) is 5.11. The molecular weight excluding hydrogens is 284 g/mol. The van der Waals surface area contributed by atoms with Crippen LogP contribution in [0.25, 0.3) is 0 Å². The van der Waals surface area contributed by atoms with Crippen molar-refractivity contribution in [2.45, 2.75) is 71.7 Å². The molecule has 1 rings (SSSR count). The van der Waals surface area contributed by atoms with E-state index in [0.717, 1.165) is 0 Å². The van der Waals surface area contributed by atoms with E-state index in [2.05, 4.69) is 33.9 Å². The molecule has 0 heterocycles. The van der Waals surface area contributed by atoms with Crippen LogP contribution in [0.15, 0.2) is 0 Å². The van der Waals surface area contributed by atoms with Gasteiger partial charge in [-0.25, -0.2) is 0 Å². The Morgan fingerprint density at radius 1 is 1.29 bits per heavy atom. The molecule has 0 aromatic carbocycles. The Morgan fingerprint density at radius 2 is 1.81 bits per heavy atom. The summed E-state index contributed by atoms with van der Waals surface area (Å²) in [6, 6.07) is 0. The highest BCUT2D eigenvalue weighted by Crippen LogP contribution is 2.46. The van der Waals surface area contributed by atoms with Crippen molar-refractivity contribution in [3.8, 4) is 0 Å². The first-order valence-electron chi connectivity index (χ1n) is 7.63. The van der Waals surface area contributed by atoms with Crippen LogP contribution >= 0.6 is 0 Å². The minimum Gasteiger partial charge on any atom is -0.468 e. The molecule has 4 nitrogen and oxygen atoms in total. The van der Waals surface area contributed by atoms with Gasteiger partial charge in [-0.1, -0.05) is 34.6 Å². The molecule has 0 spiro atoms. The maximum Gasteiger partial charge on any atom is 0.316 e. The number of methoxy groups -OCH3 is 1. The van der Waals surface area contributed by atoms with Gasteiger partial charge in [0.25, 0.3) is 0 Å². The second kappa shape index (κ2) is 5.84. The Hall–Kier alpha value is -0.683. The number of hydrogen-bond acceptors (Lipinski definition) is 4. The van der Waals surface area contributed by atoms with E-state index in [1.54, 1.807) is 0 Å². The number of esters is 1. The second-order valence-corrected chi connectivity index (χ2v) is 12.9. The van der Waals surface area contributed by atoms with Crippen molar-refractivity contribution in [2.24, 2.45) is 11.3 Å². The van der Waals surface area contributed by atoms with E-state index in [1.807, 2.05) is 13.8 Å². The minimum atomic E-state index is -1.94. The molecule has 0 aromatic rings. The monoisotopic (exact) mass is 314 g/mol. The van der Waals surface area contributed by atoms with Crippen LogP contribution in [0.4, 0.5) is 0 Å². The van der Waals surface area contributed by atoms with Crippen LogP contribution in [0.3, 0.4) is 0 Å². The summed E-state index contributed by atoms with van der Waals surface area (Å²) < 4.78 is 11.3. The SMILES string of the molecule is COC(=O)C1C(=O)CC[C@H](O[Si](C)(C)C(C)(C)C)C1(C)C. The molecule has 1 fully saturated rings. The molecule has 0 aliphatic heterocycles. The largest absolute Gasteiger partial charge is 0.468 e. The van der Waals surface area contributed by atoms with Gasteiger partial charge in [0.15, 0.2) is 8.32 Å². The summed E-state index contributed by atoms with van der Waals surface area (Å²) in [6.45, 7) is 14.9. The maximum absolute atomic E-state index is 12.2. The van der Waals surface area contributed by atoms with E-state index >= 15 is 0 Å². The highest BCUT2D eigenvalue weighted by molar-refractivity contribution is 6.74. The smallest absolute Gasteiger partial charge is 0.316 e. The van der Waals surface area contributed by atoms with Crippen molar-refractivity contribution < 1.29 is 18.8 Å². The molecule has 122 valence electrons. The third-order valence-corrected chi connectivity index (χ3v) is 9.71. The summed E-state index contributed by atoms with van der Waals surface area (Å²) in [5, 5.41) is 0.102. The fraction of sp³-hybridized carbons (Fsp3) is 0.875. The number of Topliss-reactive ketones (excluding diaryl/α,β-unsaturated/α-hetero) is 1. The van der Waals surface area contributed by atoms with Gasteiger partial charge in [0.2, 0.25) is 0 Å². The summed E-state index contributed by atoms with van der Waals surface area (Å²) in [4.78, 5) is 24.2. The number of carbonyl (C=O) groups is 2. The van der Waals surface area contributed by atoms with E-state index in [1.165, 1.54) is 7.11 Å². The van der Waals surface area contributed by atoms with Crippen LogP contribution in [0.1, 0.15) is 47.5 Å². The topological polar surface area (TPSA) is 52.6 Å². The molecule has 1 unspecified atom stereocenters. The lowest BCUT2D eigenvalue weighted by atomic mass is 9.66. The molecule has 5 heteroatoms. The van der Waals surface area contributed by atoms with Crippen molar-refractivity contribution in [1.82, 2.24) is 0 Å². The van der Waals surface area contributed by atoms with Crippen LogP contribution in [-0.4, -0.2) is 33.3 Å². The van der Waals surface area contributed by atoms with Crippen LogP contribution < -0.4 is 0 Å². The number of ketones is 1. The van der Waals surface area contributed by atoms with Crippen molar-refractivity contribution in [3.63, 3.8) is 0 Å². The van der Waals surface area contributed by atoms with Crippen LogP contribution in [0.2, 0.25) is 18.1 Å². The Labute approximate surface area is 129 Å². The highest BCUT2D eigenvalue weighted by atomic mass is 28.4. The first kappa shape index (κ1) is 18.4. The predicted octanol–water partition coefficient (Wildman–Crippen LogP) is 3.56. The van der Waals surface area contributed by atoms with E-state index in [4.69, 9.17) is 9.16 Å². The van der Waals surface area contributed by atoms with Crippen molar-refractivity contribution in [2.75, 3.05) is 7.11 Å². The van der Waals surface area contributed by atoms with Crippen LogP contribution in [0, 0.1) is 11.3 Å². The van der Waals surface area contributed by atoms with Crippen molar-refractivity contribution >= 4 is 20.1 Å². The zero-order valence-corrected chi connectivity index (χ0v) is 15.7. The Bertz CT molecular complexity index is 412. The summed E-state index contributed by atoms with van der Waals surface area (Å²) in [5.41, 5.74) is -0.530. The van der Waals surface area contributed by atoms with Crippen molar-refractivity contribution in [3.05, 3.63) is 0 Å². The molecule has 0 aromatic heterocycles. The summed E-state index contributed by atoms with van der Waals surface area (Å²) in [5.74, 6) is -1.18. The Morgan fingerprint density at radius 3 is 2.24 bits per heavy atom. The average molecular weight is 314 g/mol. The molecule has 2 atom stereocenters. The molecule has 0 bridgehead atoms. The molecule has 0 saturated heterocycles. The summed E-state index contributed by atoms with van der Waals surface area (Å²) in [6.07, 6.45) is 0.995. The summed E-state index contributed by atoms with van der Waals surface area (Å²) >= 11 is 0. The fourth-order valence-corrected chi connectivity index (χ4v) is 4.17. The van der Waals surface area contributed by atoms with E-state index in [-0.39, 0.29) is 16.9 Å². The molecule has 21 heavy (non-hydrogen) atoms. The van der Waals surface area contributed by atoms with Gasteiger partial charge in [-0.2, -0.15) is 0 Å².